The Hall–Kier alpha value is -2.95. The zero-order chi connectivity index (χ0) is 19.4. The van der Waals surface area contributed by atoms with Gasteiger partial charge in [0.15, 0.2) is 0 Å². The number of carbonyl (C=O) groups is 1. The highest BCUT2D eigenvalue weighted by atomic mass is 16.5. The molecule has 1 N–H and O–H groups in total. The van der Waals surface area contributed by atoms with Crippen LogP contribution in [-0.2, 0) is 4.74 Å². The molecule has 1 aromatic heterocycles. The normalized spacial score (nSPS) is 18.7. The van der Waals surface area contributed by atoms with E-state index in [9.17, 15) is 15.2 Å². The molecular weight excluding hydrogens is 346 g/mol. The molecule has 2 aromatic rings. The number of aliphatic hydroxyl groups is 1. The van der Waals surface area contributed by atoms with Crippen LogP contribution in [-0.4, -0.2) is 59.9 Å². The van der Waals surface area contributed by atoms with Crippen molar-refractivity contribution in [1.29, 1.82) is 5.26 Å². The second-order valence-electron chi connectivity index (χ2n) is 6.20. The van der Waals surface area contributed by atoms with Crippen LogP contribution >= 0.6 is 0 Å². The van der Waals surface area contributed by atoms with Gasteiger partial charge in [-0.3, -0.25) is 4.79 Å². The van der Waals surface area contributed by atoms with E-state index in [-0.39, 0.29) is 24.4 Å². The number of aliphatic hydroxyl groups excluding tert-OH is 1. The van der Waals surface area contributed by atoms with E-state index >= 15 is 0 Å². The van der Waals surface area contributed by atoms with Crippen LogP contribution in [0.4, 0.5) is 0 Å². The number of rotatable bonds is 5. The molecule has 1 aliphatic rings. The third kappa shape index (κ3) is 3.63. The smallest absolute Gasteiger partial charge is 0.254 e. The molecule has 1 saturated heterocycles. The maximum atomic E-state index is 13.0. The fourth-order valence-corrected chi connectivity index (χ4v) is 3.29. The van der Waals surface area contributed by atoms with E-state index in [1.165, 1.54) is 7.11 Å². The van der Waals surface area contributed by atoms with Gasteiger partial charge in [-0.25, -0.2) is 4.98 Å². The van der Waals surface area contributed by atoms with Crippen LogP contribution in [0, 0.1) is 11.3 Å². The molecule has 0 radical (unpaired) electrons. The highest BCUT2D eigenvalue weighted by molar-refractivity contribution is 5.96. The van der Waals surface area contributed by atoms with Gasteiger partial charge in [0.05, 0.1) is 32.5 Å². The molecule has 0 saturated carbocycles. The molecule has 0 bridgehead atoms. The number of pyridine rings is 1. The topological polar surface area (TPSA) is 95.7 Å². The fourth-order valence-electron chi connectivity index (χ4n) is 3.29. The fraction of sp³-hybridized carbons (Fsp3) is 0.350. The van der Waals surface area contributed by atoms with Gasteiger partial charge >= 0.3 is 0 Å². The first kappa shape index (κ1) is 18.8. The Kier molecular flexibility index (Phi) is 5.69. The van der Waals surface area contributed by atoms with Gasteiger partial charge in [-0.2, -0.15) is 5.26 Å². The molecule has 3 rings (SSSR count). The minimum absolute atomic E-state index is 0.187. The summed E-state index contributed by atoms with van der Waals surface area (Å²) in [5, 5.41) is 19.6. The number of aromatic nitrogens is 1. The van der Waals surface area contributed by atoms with Crippen molar-refractivity contribution in [2.24, 2.45) is 0 Å². The molecule has 1 aromatic carbocycles. The Morgan fingerprint density at radius 2 is 2.26 bits per heavy atom. The summed E-state index contributed by atoms with van der Waals surface area (Å²) >= 11 is 0. The molecule has 1 amide bonds. The largest absolute Gasteiger partial charge is 0.480 e. The maximum Gasteiger partial charge on any atom is 0.254 e. The summed E-state index contributed by atoms with van der Waals surface area (Å²) in [6.07, 6.45) is 0.875. The molecule has 140 valence electrons. The number of ether oxygens (including phenoxy) is 2. The number of nitrogens with zero attached hydrogens (tertiary/aromatic N) is 3. The number of hydrogen-bond acceptors (Lipinski definition) is 6. The minimum atomic E-state index is -0.688. The van der Waals surface area contributed by atoms with Gasteiger partial charge in [-0.1, -0.05) is 12.1 Å². The Balaban J connectivity index is 1.97. The summed E-state index contributed by atoms with van der Waals surface area (Å²) in [6, 6.07) is 10.5. The van der Waals surface area contributed by atoms with Crippen LogP contribution < -0.4 is 4.74 Å². The van der Waals surface area contributed by atoms with E-state index in [4.69, 9.17) is 9.47 Å². The lowest BCUT2D eigenvalue weighted by Gasteiger charge is -2.29. The van der Waals surface area contributed by atoms with Gasteiger partial charge in [0.1, 0.15) is 11.6 Å². The number of benzene rings is 1. The zero-order valence-corrected chi connectivity index (χ0v) is 15.3. The zero-order valence-electron chi connectivity index (χ0n) is 15.3. The standard InChI is InChI=1S/C20H21N3O4/c1-3-23(17-11-27-12-18(17)24)20(25)14-6-4-5-13(9-14)15-7-8-22-19(26-2)16(15)10-21/h4-9,17-18,24H,3,11-12H2,1-2H3/t17-,18-/m1/s1. The Morgan fingerprint density at radius 1 is 1.44 bits per heavy atom. The van der Waals surface area contributed by atoms with E-state index in [2.05, 4.69) is 11.1 Å². The van der Waals surface area contributed by atoms with Crippen LogP contribution in [0.3, 0.4) is 0 Å². The SMILES string of the molecule is CCN(C(=O)c1cccc(-c2ccnc(OC)c2C#N)c1)[C@@H]1COC[C@H]1O. The van der Waals surface area contributed by atoms with E-state index in [1.807, 2.05) is 13.0 Å². The average Bonchev–Trinajstić information content (AvgIpc) is 3.13. The van der Waals surface area contributed by atoms with E-state index < -0.39 is 6.10 Å². The highest BCUT2D eigenvalue weighted by Crippen LogP contribution is 2.29. The van der Waals surface area contributed by atoms with Crippen molar-refractivity contribution in [2.75, 3.05) is 26.9 Å². The quantitative estimate of drug-likeness (QED) is 0.866. The number of amides is 1. The van der Waals surface area contributed by atoms with Gasteiger partial charge in [0.25, 0.3) is 5.91 Å². The molecule has 1 aliphatic heterocycles. The van der Waals surface area contributed by atoms with Crippen molar-refractivity contribution in [3.05, 3.63) is 47.7 Å². The van der Waals surface area contributed by atoms with E-state index in [0.717, 1.165) is 5.56 Å². The first-order valence-electron chi connectivity index (χ1n) is 8.71. The molecule has 7 heteroatoms. The molecule has 0 unspecified atom stereocenters. The molecule has 2 heterocycles. The summed E-state index contributed by atoms with van der Waals surface area (Å²) in [7, 11) is 1.46. The van der Waals surface area contributed by atoms with Gasteiger partial charge in [-0.05, 0) is 30.7 Å². The highest BCUT2D eigenvalue weighted by Gasteiger charge is 2.34. The number of nitriles is 1. The van der Waals surface area contributed by atoms with Crippen molar-refractivity contribution in [3.8, 4) is 23.1 Å². The molecule has 2 atom stereocenters. The van der Waals surface area contributed by atoms with Crippen LogP contribution in [0.15, 0.2) is 36.5 Å². The summed E-state index contributed by atoms with van der Waals surface area (Å²) in [5.74, 6) is 0.0570. The molecule has 1 fully saturated rings. The summed E-state index contributed by atoms with van der Waals surface area (Å²) in [4.78, 5) is 18.7. The number of methoxy groups -OCH3 is 1. The van der Waals surface area contributed by atoms with Gasteiger partial charge < -0.3 is 19.5 Å². The molecule has 0 spiro atoms. The number of hydrogen-bond donors (Lipinski definition) is 1. The average molecular weight is 367 g/mol. The molecule has 0 aliphatic carbocycles. The monoisotopic (exact) mass is 367 g/mol. The van der Waals surface area contributed by atoms with Crippen LogP contribution in [0.1, 0.15) is 22.8 Å². The van der Waals surface area contributed by atoms with Crippen molar-refractivity contribution >= 4 is 5.91 Å². The lowest BCUT2D eigenvalue weighted by molar-refractivity contribution is 0.0520. The Bertz CT molecular complexity index is 878. The van der Waals surface area contributed by atoms with Crippen molar-refractivity contribution in [2.45, 2.75) is 19.1 Å². The van der Waals surface area contributed by atoms with Crippen LogP contribution in [0.5, 0.6) is 5.88 Å². The number of carbonyl (C=O) groups excluding carboxylic acids is 1. The lowest BCUT2D eigenvalue weighted by atomic mass is 9.99. The van der Waals surface area contributed by atoms with Crippen LogP contribution in [0.25, 0.3) is 11.1 Å². The predicted octanol–water partition coefficient (Wildman–Crippen LogP) is 1.85. The third-order valence-corrected chi connectivity index (χ3v) is 4.67. The summed E-state index contributed by atoms with van der Waals surface area (Å²) in [5.41, 5.74) is 2.16. The summed E-state index contributed by atoms with van der Waals surface area (Å²) < 4.78 is 10.4. The van der Waals surface area contributed by atoms with Crippen molar-refractivity contribution < 1.29 is 19.4 Å². The number of likely N-dealkylation sites (N-methyl/N-ethyl adjacent to an activating group) is 1. The van der Waals surface area contributed by atoms with Crippen molar-refractivity contribution in [3.63, 3.8) is 0 Å². The first-order valence-corrected chi connectivity index (χ1v) is 8.71. The Morgan fingerprint density at radius 3 is 2.89 bits per heavy atom. The third-order valence-electron chi connectivity index (χ3n) is 4.67. The van der Waals surface area contributed by atoms with Gasteiger partial charge in [0, 0.05) is 23.9 Å². The lowest BCUT2D eigenvalue weighted by Crippen LogP contribution is -2.46. The maximum absolute atomic E-state index is 13.0. The second kappa shape index (κ2) is 8.16. The second-order valence-corrected chi connectivity index (χ2v) is 6.20. The predicted molar refractivity (Wildman–Crippen MR) is 98.3 cm³/mol. The minimum Gasteiger partial charge on any atom is -0.480 e. The Labute approximate surface area is 157 Å². The van der Waals surface area contributed by atoms with Gasteiger partial charge in [0.2, 0.25) is 5.88 Å². The van der Waals surface area contributed by atoms with E-state index in [0.29, 0.717) is 29.8 Å². The molecule has 7 nitrogen and oxygen atoms in total. The van der Waals surface area contributed by atoms with Crippen molar-refractivity contribution in [1.82, 2.24) is 9.88 Å². The summed E-state index contributed by atoms with van der Waals surface area (Å²) in [6.45, 7) is 2.88. The molecular formula is C20H21N3O4. The van der Waals surface area contributed by atoms with E-state index in [1.54, 1.807) is 35.4 Å². The molecule has 27 heavy (non-hydrogen) atoms. The van der Waals surface area contributed by atoms with Crippen LogP contribution in [0.2, 0.25) is 0 Å². The van der Waals surface area contributed by atoms with Gasteiger partial charge in [-0.15, -0.1) is 0 Å². The first-order chi connectivity index (χ1) is 13.1.